The Kier molecular flexibility index (Phi) is 7.23. The third-order valence-electron chi connectivity index (χ3n) is 6.72. The second-order valence-corrected chi connectivity index (χ2v) is 9.43. The summed E-state index contributed by atoms with van der Waals surface area (Å²) in [5.74, 6) is -0.0599. The average Bonchev–Trinajstić information content (AvgIpc) is 3.47. The van der Waals surface area contributed by atoms with E-state index in [4.69, 9.17) is 17.3 Å². The molecule has 5 heterocycles. The van der Waals surface area contributed by atoms with Gasteiger partial charge in [0.15, 0.2) is 28.0 Å². The van der Waals surface area contributed by atoms with E-state index in [1.165, 1.54) is 19.7 Å². The Morgan fingerprint density at radius 3 is 2.48 bits per heavy atom. The van der Waals surface area contributed by atoms with Gasteiger partial charge >= 0.3 is 11.9 Å². The molecular weight excluding hydrogens is 551 g/mol. The Labute approximate surface area is 230 Å². The summed E-state index contributed by atoms with van der Waals surface area (Å²) in [6, 6.07) is 7.52. The van der Waals surface area contributed by atoms with Crippen LogP contribution in [0.1, 0.15) is 24.7 Å². The lowest BCUT2D eigenvalue weighted by Crippen LogP contribution is -2.37. The Morgan fingerprint density at radius 2 is 1.80 bits per heavy atom. The Balaban J connectivity index is 0.000000274. The Bertz CT molecular complexity index is 1720. The summed E-state index contributed by atoms with van der Waals surface area (Å²) in [6.07, 6.45) is -0.644. The van der Waals surface area contributed by atoms with Crippen LogP contribution in [0.5, 0.6) is 0 Å². The third-order valence-corrected chi connectivity index (χ3v) is 7.02. The van der Waals surface area contributed by atoms with Crippen molar-refractivity contribution in [2.75, 3.05) is 36.1 Å². The molecule has 0 spiro atoms. The zero-order valence-corrected chi connectivity index (χ0v) is 22.2. The van der Waals surface area contributed by atoms with E-state index >= 15 is 0 Å². The molecule has 4 aromatic heterocycles. The monoisotopic (exact) mass is 575 g/mol. The van der Waals surface area contributed by atoms with E-state index in [1.54, 1.807) is 11.6 Å². The maximum absolute atomic E-state index is 13.3. The number of piperidine rings is 1. The van der Waals surface area contributed by atoms with Gasteiger partial charge in [-0.05, 0) is 25.0 Å². The number of rotatable bonds is 3. The van der Waals surface area contributed by atoms with Gasteiger partial charge < -0.3 is 25.5 Å². The molecule has 0 saturated carbocycles. The van der Waals surface area contributed by atoms with Crippen molar-refractivity contribution in [3.8, 4) is 0 Å². The van der Waals surface area contributed by atoms with Crippen LogP contribution in [0.2, 0.25) is 5.15 Å². The summed E-state index contributed by atoms with van der Waals surface area (Å²) in [4.78, 5) is 36.7. The van der Waals surface area contributed by atoms with E-state index in [1.807, 2.05) is 29.2 Å². The van der Waals surface area contributed by atoms with Gasteiger partial charge in [-0.25, -0.2) is 29.7 Å². The molecule has 0 amide bonds. The second-order valence-electron chi connectivity index (χ2n) is 9.07. The SMILES string of the molecule is CNc1ncnc(Cl)c1N.Cn1c(C(F)(F)F)nc2c(N3CCC(n4c(=O)[nH]c5ccccc54)CC3)ncnc21. The predicted molar refractivity (Wildman–Crippen MR) is 145 cm³/mol. The van der Waals surface area contributed by atoms with Gasteiger partial charge in [0.05, 0.1) is 11.0 Å². The molecule has 6 rings (SSSR count). The molecule has 5 aromatic rings. The van der Waals surface area contributed by atoms with E-state index in [0.717, 1.165) is 15.6 Å². The first kappa shape index (κ1) is 27.2. The van der Waals surface area contributed by atoms with Crippen LogP contribution in [0.25, 0.3) is 22.2 Å². The normalized spacial score (nSPS) is 14.4. The second kappa shape index (κ2) is 10.6. The summed E-state index contributed by atoms with van der Waals surface area (Å²) in [5, 5.41) is 3.05. The van der Waals surface area contributed by atoms with Crippen LogP contribution in [0, 0.1) is 0 Å². The van der Waals surface area contributed by atoms with Crippen molar-refractivity contribution in [1.82, 2.24) is 39.0 Å². The van der Waals surface area contributed by atoms with Gasteiger partial charge in [0, 0.05) is 33.2 Å². The van der Waals surface area contributed by atoms with Crippen LogP contribution in [0.3, 0.4) is 0 Å². The standard InChI is InChI=1S/C19H18F3N7O.C5H7ClN4/c1-27-15-14(26-17(27)19(20,21)22)16(24-10-23-15)28-8-6-11(7-9-28)29-13-5-3-2-4-12(13)25-18(29)30;1-8-5-3(7)4(6)9-2-10-5/h2-5,10-11H,6-9H2,1H3,(H,25,30);2H,7H2,1H3,(H,8,9,10). The van der Waals surface area contributed by atoms with Gasteiger partial charge in [-0.1, -0.05) is 23.7 Å². The van der Waals surface area contributed by atoms with Crippen LogP contribution in [-0.4, -0.2) is 59.2 Å². The molecule has 1 aromatic carbocycles. The summed E-state index contributed by atoms with van der Waals surface area (Å²) < 4.78 is 42.5. The first-order valence-corrected chi connectivity index (χ1v) is 12.6. The maximum Gasteiger partial charge on any atom is 0.449 e. The number of aromatic amines is 1. The molecule has 1 saturated heterocycles. The van der Waals surface area contributed by atoms with Gasteiger partial charge in [-0.3, -0.25) is 4.57 Å². The van der Waals surface area contributed by atoms with Crippen molar-refractivity contribution in [1.29, 1.82) is 0 Å². The molecule has 1 fully saturated rings. The third kappa shape index (κ3) is 4.99. The molecule has 0 aliphatic carbocycles. The smallest absolute Gasteiger partial charge is 0.393 e. The number of fused-ring (bicyclic) bond motifs is 2. The lowest BCUT2D eigenvalue weighted by Gasteiger charge is -2.33. The number of hydrogen-bond acceptors (Lipinski definition) is 9. The molecule has 210 valence electrons. The molecule has 40 heavy (non-hydrogen) atoms. The number of H-pyrrole nitrogens is 1. The van der Waals surface area contributed by atoms with Gasteiger partial charge in [-0.2, -0.15) is 13.2 Å². The number of nitrogens with two attached hydrogens (primary N) is 1. The lowest BCUT2D eigenvalue weighted by atomic mass is 10.0. The fourth-order valence-corrected chi connectivity index (χ4v) is 4.95. The highest BCUT2D eigenvalue weighted by atomic mass is 35.5. The van der Waals surface area contributed by atoms with Crippen LogP contribution in [0.15, 0.2) is 41.7 Å². The number of halogens is 4. The number of anilines is 3. The summed E-state index contributed by atoms with van der Waals surface area (Å²) >= 11 is 5.58. The van der Waals surface area contributed by atoms with Crippen molar-refractivity contribution in [3.05, 3.63) is 58.4 Å². The molecule has 0 unspecified atom stereocenters. The summed E-state index contributed by atoms with van der Waals surface area (Å²) in [6.45, 7) is 1.08. The number of imidazole rings is 2. The van der Waals surface area contributed by atoms with Crippen LogP contribution in [-0.2, 0) is 13.2 Å². The summed E-state index contributed by atoms with van der Waals surface area (Å²) in [7, 11) is 3.01. The van der Waals surface area contributed by atoms with E-state index in [9.17, 15) is 18.0 Å². The molecule has 1 aliphatic rings. The van der Waals surface area contributed by atoms with Gasteiger partial charge in [0.25, 0.3) is 0 Å². The van der Waals surface area contributed by atoms with Crippen LogP contribution < -0.4 is 21.6 Å². The number of nitrogens with zero attached hydrogens (tertiary/aromatic N) is 8. The zero-order chi connectivity index (χ0) is 28.6. The molecule has 0 radical (unpaired) electrons. The Morgan fingerprint density at radius 1 is 1.10 bits per heavy atom. The number of para-hydroxylation sites is 2. The number of alkyl halides is 3. The van der Waals surface area contributed by atoms with E-state index in [0.29, 0.717) is 43.3 Å². The van der Waals surface area contributed by atoms with Crippen LogP contribution in [0.4, 0.5) is 30.5 Å². The molecular formula is C24H25ClF3N11O. The average molecular weight is 576 g/mol. The molecule has 12 nitrogen and oxygen atoms in total. The van der Waals surface area contributed by atoms with E-state index in [2.05, 4.69) is 35.2 Å². The van der Waals surface area contributed by atoms with Gasteiger partial charge in [0.2, 0.25) is 5.82 Å². The summed E-state index contributed by atoms with van der Waals surface area (Å²) in [5.41, 5.74) is 7.62. The minimum Gasteiger partial charge on any atom is -0.393 e. The number of nitrogen functional groups attached to an aromatic ring is 1. The van der Waals surface area contributed by atoms with E-state index < -0.39 is 12.0 Å². The van der Waals surface area contributed by atoms with Crippen LogP contribution >= 0.6 is 11.6 Å². The minimum absolute atomic E-state index is 0.00306. The highest BCUT2D eigenvalue weighted by Gasteiger charge is 2.38. The number of aromatic nitrogens is 8. The van der Waals surface area contributed by atoms with Gasteiger partial charge in [-0.15, -0.1) is 0 Å². The molecule has 16 heteroatoms. The van der Waals surface area contributed by atoms with Crippen molar-refractivity contribution in [3.63, 3.8) is 0 Å². The first-order chi connectivity index (χ1) is 19.1. The van der Waals surface area contributed by atoms with Crippen molar-refractivity contribution in [2.45, 2.75) is 25.1 Å². The topological polar surface area (TPSA) is 148 Å². The molecule has 4 N–H and O–H groups in total. The number of nitrogens with one attached hydrogen (secondary N) is 2. The minimum atomic E-state index is -4.57. The van der Waals surface area contributed by atoms with Gasteiger partial charge in [0.1, 0.15) is 18.3 Å². The Hall–Kier alpha value is -4.40. The molecule has 0 atom stereocenters. The van der Waals surface area contributed by atoms with Crippen molar-refractivity contribution >= 4 is 51.1 Å². The fourth-order valence-electron chi connectivity index (χ4n) is 4.82. The zero-order valence-electron chi connectivity index (χ0n) is 21.4. The quantitative estimate of drug-likeness (QED) is 0.274. The lowest BCUT2D eigenvalue weighted by molar-refractivity contribution is -0.146. The highest BCUT2D eigenvalue weighted by Crippen LogP contribution is 2.34. The first-order valence-electron chi connectivity index (χ1n) is 12.2. The largest absolute Gasteiger partial charge is 0.449 e. The number of hydrogen-bond donors (Lipinski definition) is 3. The van der Waals surface area contributed by atoms with E-state index in [-0.39, 0.29) is 28.0 Å². The fraction of sp³-hybridized carbons (Fsp3) is 0.333. The number of aryl methyl sites for hydroxylation is 1. The maximum atomic E-state index is 13.3. The highest BCUT2D eigenvalue weighted by molar-refractivity contribution is 6.32. The van der Waals surface area contributed by atoms with Crippen molar-refractivity contribution in [2.24, 2.45) is 7.05 Å². The molecule has 1 aliphatic heterocycles. The predicted octanol–water partition coefficient (Wildman–Crippen LogP) is 3.62. The number of benzene rings is 1. The molecule has 0 bridgehead atoms. The van der Waals surface area contributed by atoms with Crippen molar-refractivity contribution < 1.29 is 13.2 Å².